The number of carbonyl (C=O) groups is 2. The van der Waals surface area contributed by atoms with E-state index in [-0.39, 0.29) is 41.6 Å². The van der Waals surface area contributed by atoms with Crippen LogP contribution in [-0.2, 0) is 30.9 Å². The molecule has 2 saturated carbocycles. The summed E-state index contributed by atoms with van der Waals surface area (Å²) in [6, 6.07) is 4.67. The number of benzene rings is 1. The van der Waals surface area contributed by atoms with Gasteiger partial charge in [-0.05, 0) is 62.8 Å². The lowest BCUT2D eigenvalue weighted by molar-refractivity contribution is -0.195. The number of hydrogen-bond donors (Lipinski definition) is 0. The van der Waals surface area contributed by atoms with E-state index < -0.39 is 33.0 Å². The third kappa shape index (κ3) is 4.43. The number of hydrogen-bond acceptors (Lipinski definition) is 7. The minimum absolute atomic E-state index is 0.00864. The maximum atomic E-state index is 14.1. The van der Waals surface area contributed by atoms with Crippen LogP contribution in [-0.4, -0.2) is 97.3 Å². The van der Waals surface area contributed by atoms with Crippen molar-refractivity contribution in [3.05, 3.63) is 34.6 Å². The van der Waals surface area contributed by atoms with Gasteiger partial charge in [0.25, 0.3) is 5.91 Å². The lowest BCUT2D eigenvalue weighted by Crippen LogP contribution is -2.72. The summed E-state index contributed by atoms with van der Waals surface area (Å²) in [6.07, 6.45) is 4.53. The van der Waals surface area contributed by atoms with Gasteiger partial charge in [-0.2, -0.15) is 0 Å². The molecule has 2 saturated heterocycles. The van der Waals surface area contributed by atoms with Crippen molar-refractivity contribution >= 4 is 39.0 Å². The van der Waals surface area contributed by atoms with Crippen molar-refractivity contribution in [3.63, 3.8) is 0 Å². The number of likely N-dealkylation sites (tertiary alicyclic amines) is 1. The molecule has 0 N–H and O–H groups in total. The first-order valence-electron chi connectivity index (χ1n) is 14.0. The maximum absolute atomic E-state index is 14.1. The van der Waals surface area contributed by atoms with Gasteiger partial charge in [-0.1, -0.05) is 17.7 Å². The van der Waals surface area contributed by atoms with Crippen LogP contribution in [0.25, 0.3) is 0 Å². The van der Waals surface area contributed by atoms with Crippen LogP contribution in [0.15, 0.2) is 23.2 Å². The number of fused-ring (bicyclic) bond motifs is 2. The third-order valence-corrected chi connectivity index (χ3v) is 11.6. The predicted molar refractivity (Wildman–Crippen MR) is 148 cm³/mol. The van der Waals surface area contributed by atoms with E-state index in [2.05, 4.69) is 4.90 Å². The van der Waals surface area contributed by atoms with Crippen LogP contribution < -0.4 is 0 Å². The van der Waals surface area contributed by atoms with E-state index in [0.29, 0.717) is 44.4 Å². The highest BCUT2D eigenvalue weighted by Gasteiger charge is 2.66. The van der Waals surface area contributed by atoms with Crippen LogP contribution in [0.2, 0.25) is 5.02 Å². The van der Waals surface area contributed by atoms with Crippen molar-refractivity contribution in [3.8, 4) is 0 Å². The first-order chi connectivity index (χ1) is 18.9. The molecular weight excluding hydrogens is 559 g/mol. The molecule has 1 amide bonds. The van der Waals surface area contributed by atoms with Gasteiger partial charge in [0.1, 0.15) is 23.0 Å². The molecule has 1 aromatic rings. The quantitative estimate of drug-likeness (QED) is 0.459. The van der Waals surface area contributed by atoms with Gasteiger partial charge in [-0.25, -0.2) is 17.1 Å². The first kappa shape index (κ1) is 28.2. The second kappa shape index (κ2) is 9.83. The Bertz CT molecular complexity index is 1380. The van der Waals surface area contributed by atoms with E-state index >= 15 is 0 Å². The Morgan fingerprint density at radius 1 is 1.30 bits per heavy atom. The van der Waals surface area contributed by atoms with Crippen LogP contribution in [0.3, 0.4) is 0 Å². The lowest BCUT2D eigenvalue weighted by atomic mass is 9.65. The summed E-state index contributed by atoms with van der Waals surface area (Å²) in [6.45, 7) is 3.87. The Labute approximate surface area is 239 Å². The molecule has 0 bridgehead atoms. The summed E-state index contributed by atoms with van der Waals surface area (Å²) in [5, 5.41) is 0.0576. The van der Waals surface area contributed by atoms with Gasteiger partial charge in [0.2, 0.25) is 10.0 Å². The molecule has 12 heteroatoms. The van der Waals surface area contributed by atoms with Crippen molar-refractivity contribution in [2.75, 3.05) is 46.2 Å². The minimum Gasteiger partial charge on any atom is -0.377 e. The molecule has 0 aromatic heterocycles. The second-order valence-corrected chi connectivity index (χ2v) is 14.8. The van der Waals surface area contributed by atoms with Gasteiger partial charge in [0, 0.05) is 44.4 Å². The number of rotatable bonds is 8. The van der Waals surface area contributed by atoms with Crippen LogP contribution >= 0.6 is 11.6 Å². The van der Waals surface area contributed by atoms with E-state index in [1.54, 1.807) is 19.1 Å². The Balaban J connectivity index is 1.30. The number of ether oxygens (including phenoxy) is 1. The van der Waals surface area contributed by atoms with Gasteiger partial charge in [0.05, 0.1) is 30.0 Å². The summed E-state index contributed by atoms with van der Waals surface area (Å²) in [7, 11) is -1.86. The Morgan fingerprint density at radius 2 is 2.05 bits per heavy atom. The highest BCUT2D eigenvalue weighted by atomic mass is 35.5. The molecule has 6 rings (SSSR count). The summed E-state index contributed by atoms with van der Waals surface area (Å²) < 4.78 is 44.9. The third-order valence-electron chi connectivity index (χ3n) is 10.0. The van der Waals surface area contributed by atoms with Gasteiger partial charge in [-0.15, -0.1) is 0 Å². The van der Waals surface area contributed by atoms with Gasteiger partial charge < -0.3 is 9.64 Å². The SMILES string of the molecule is CC(=O)C1C(C2=NC3(CCC4CC43)N(CCN(C)S(C)(=O)=O)C2=O)CCN(Cc2ccc(F)c(Cl)c2)C12COC2. The fourth-order valence-corrected chi connectivity index (χ4v) is 8.36. The number of sulfonamides is 1. The topological polar surface area (TPSA) is 99.6 Å². The van der Waals surface area contributed by atoms with Gasteiger partial charge in [0.15, 0.2) is 0 Å². The molecule has 1 aromatic carbocycles. The van der Waals surface area contributed by atoms with Crippen LogP contribution in [0.4, 0.5) is 4.39 Å². The number of ketones is 1. The largest absolute Gasteiger partial charge is 0.377 e. The van der Waals surface area contributed by atoms with Crippen molar-refractivity contribution in [1.29, 1.82) is 0 Å². The number of likely N-dealkylation sites (N-methyl/N-ethyl adjacent to an activating group) is 1. The van der Waals surface area contributed by atoms with Crippen LogP contribution in [0.5, 0.6) is 0 Å². The van der Waals surface area contributed by atoms with Crippen molar-refractivity contribution < 1.29 is 27.1 Å². The summed E-state index contributed by atoms with van der Waals surface area (Å²) >= 11 is 6.05. The molecule has 4 fully saturated rings. The molecule has 40 heavy (non-hydrogen) atoms. The Kier molecular flexibility index (Phi) is 6.93. The van der Waals surface area contributed by atoms with Gasteiger partial charge in [-0.3, -0.25) is 19.5 Å². The second-order valence-electron chi connectivity index (χ2n) is 12.3. The van der Waals surface area contributed by atoms with Crippen LogP contribution in [0, 0.1) is 29.5 Å². The molecule has 218 valence electrons. The highest BCUT2D eigenvalue weighted by Crippen LogP contribution is 2.62. The first-order valence-corrected chi connectivity index (χ1v) is 16.2. The smallest absolute Gasteiger partial charge is 0.270 e. The zero-order valence-corrected chi connectivity index (χ0v) is 24.7. The summed E-state index contributed by atoms with van der Waals surface area (Å²) in [5.41, 5.74) is 0.0825. The van der Waals surface area contributed by atoms with E-state index in [1.165, 1.54) is 17.4 Å². The van der Waals surface area contributed by atoms with E-state index in [4.69, 9.17) is 21.3 Å². The fourth-order valence-electron chi connectivity index (χ4n) is 7.74. The molecule has 3 aliphatic heterocycles. The monoisotopic (exact) mass is 594 g/mol. The molecule has 2 aliphatic carbocycles. The molecule has 5 unspecified atom stereocenters. The lowest BCUT2D eigenvalue weighted by Gasteiger charge is -2.58. The summed E-state index contributed by atoms with van der Waals surface area (Å²) in [4.78, 5) is 36.8. The molecule has 3 heterocycles. The molecule has 2 spiro atoms. The number of amides is 1. The summed E-state index contributed by atoms with van der Waals surface area (Å²) in [5.74, 6) is -0.653. The number of piperidine rings is 1. The number of carbonyl (C=O) groups excluding carboxylic acids is 2. The average molecular weight is 595 g/mol. The maximum Gasteiger partial charge on any atom is 0.270 e. The number of aliphatic imine (C=N–C) groups is 1. The Morgan fingerprint density at radius 3 is 2.60 bits per heavy atom. The molecule has 5 aliphatic rings. The Hall–Kier alpha value is -1.92. The van der Waals surface area contributed by atoms with Crippen LogP contribution in [0.1, 0.15) is 38.2 Å². The fraction of sp³-hybridized carbons (Fsp3) is 0.679. The van der Waals surface area contributed by atoms with E-state index in [0.717, 1.165) is 31.1 Å². The molecule has 5 atom stereocenters. The molecule has 9 nitrogen and oxygen atoms in total. The number of Topliss-reactive ketones (excluding diaryl/α,β-unsaturated/α-hetero) is 1. The molecular formula is C28H36ClFN4O5S. The zero-order valence-electron chi connectivity index (χ0n) is 23.1. The van der Waals surface area contributed by atoms with Crippen molar-refractivity contribution in [2.45, 2.75) is 50.4 Å². The number of halogens is 2. The number of nitrogens with zero attached hydrogens (tertiary/aromatic N) is 4. The zero-order chi connectivity index (χ0) is 28.6. The van der Waals surface area contributed by atoms with Crippen molar-refractivity contribution in [1.82, 2.24) is 14.1 Å². The average Bonchev–Trinajstić information content (AvgIpc) is 3.50. The predicted octanol–water partition coefficient (Wildman–Crippen LogP) is 2.58. The standard InChI is InChI=1S/C28H36ClFN4O5S/c1-17(35)24-20(7-9-33(27(24)15-39-16-27)14-18-4-5-23(30)22(29)12-18)25-26(36)34(11-10-32(2)40(3,37)38)28(31-25)8-6-19-13-21(19)28/h4-5,12,19-21,24H,6-11,13-16H2,1-3H3. The van der Waals surface area contributed by atoms with E-state index in [9.17, 15) is 22.4 Å². The van der Waals surface area contributed by atoms with Crippen molar-refractivity contribution in [2.24, 2.45) is 28.7 Å². The highest BCUT2D eigenvalue weighted by molar-refractivity contribution is 7.88. The van der Waals surface area contributed by atoms with Gasteiger partial charge >= 0.3 is 0 Å². The normalized spacial score (nSPS) is 33.0. The minimum atomic E-state index is -3.39. The van der Waals surface area contributed by atoms with E-state index in [1.807, 2.05) is 4.90 Å². The molecule has 0 radical (unpaired) electrons.